The van der Waals surface area contributed by atoms with Gasteiger partial charge in [-0.15, -0.1) is 0 Å². The average Bonchev–Trinajstić information content (AvgIpc) is 3.20. The Hall–Kier alpha value is -2.37. The number of amides is 2. The lowest BCUT2D eigenvalue weighted by Crippen LogP contribution is -2.46. The molecule has 0 radical (unpaired) electrons. The van der Waals surface area contributed by atoms with Crippen molar-refractivity contribution >= 4 is 17.8 Å². The van der Waals surface area contributed by atoms with Crippen LogP contribution in [0.3, 0.4) is 0 Å². The van der Waals surface area contributed by atoms with Crippen LogP contribution in [0, 0.1) is 12.8 Å². The van der Waals surface area contributed by atoms with Crippen molar-refractivity contribution < 1.29 is 19.5 Å². The maximum Gasteiger partial charge on any atom is 0.329 e. The highest BCUT2D eigenvalue weighted by atomic mass is 16.4. The molecular formula is C17H20N2O4. The molecule has 0 bridgehead atoms. The second kappa shape index (κ2) is 5.68. The van der Waals surface area contributed by atoms with Crippen LogP contribution in [0.15, 0.2) is 24.3 Å². The average molecular weight is 316 g/mol. The molecule has 1 unspecified atom stereocenters. The molecule has 2 N–H and O–H groups in total. The summed E-state index contributed by atoms with van der Waals surface area (Å²) in [6, 6.07) is 7.92. The van der Waals surface area contributed by atoms with Gasteiger partial charge in [-0.05, 0) is 25.3 Å². The Morgan fingerprint density at radius 1 is 1.30 bits per heavy atom. The normalized spacial score (nSPS) is 22.0. The molecule has 6 heteroatoms. The minimum Gasteiger partial charge on any atom is -0.480 e. The summed E-state index contributed by atoms with van der Waals surface area (Å²) in [4.78, 5) is 37.1. The number of carbonyl (C=O) groups excluding carboxylic acids is 2. The van der Waals surface area contributed by atoms with E-state index < -0.39 is 17.4 Å². The van der Waals surface area contributed by atoms with E-state index in [0.29, 0.717) is 25.9 Å². The molecule has 23 heavy (non-hydrogen) atoms. The van der Waals surface area contributed by atoms with E-state index in [9.17, 15) is 14.4 Å². The second-order valence-corrected chi connectivity index (χ2v) is 6.54. The van der Waals surface area contributed by atoms with Gasteiger partial charge in [-0.1, -0.05) is 29.8 Å². The number of aliphatic carboxylic acids is 1. The van der Waals surface area contributed by atoms with E-state index in [1.165, 1.54) is 0 Å². The van der Waals surface area contributed by atoms with Gasteiger partial charge in [-0.2, -0.15) is 0 Å². The Morgan fingerprint density at radius 2 is 1.96 bits per heavy atom. The van der Waals surface area contributed by atoms with E-state index in [1.807, 2.05) is 31.2 Å². The van der Waals surface area contributed by atoms with Gasteiger partial charge >= 0.3 is 5.97 Å². The quantitative estimate of drug-likeness (QED) is 0.851. The van der Waals surface area contributed by atoms with Crippen molar-refractivity contribution in [3.63, 3.8) is 0 Å². The van der Waals surface area contributed by atoms with Gasteiger partial charge in [0.05, 0.1) is 5.92 Å². The number of carboxylic acids is 1. The summed E-state index contributed by atoms with van der Waals surface area (Å²) in [5.74, 6) is -1.85. The van der Waals surface area contributed by atoms with Crippen molar-refractivity contribution in [2.75, 3.05) is 6.54 Å². The number of likely N-dealkylation sites (tertiary alicyclic amines) is 1. The van der Waals surface area contributed by atoms with E-state index in [-0.39, 0.29) is 18.2 Å². The van der Waals surface area contributed by atoms with E-state index in [1.54, 1.807) is 4.90 Å². The first-order valence-electron chi connectivity index (χ1n) is 7.78. The first kappa shape index (κ1) is 15.5. The summed E-state index contributed by atoms with van der Waals surface area (Å²) < 4.78 is 0. The molecule has 122 valence electrons. The first-order valence-corrected chi connectivity index (χ1v) is 7.78. The molecule has 1 atom stereocenters. The standard InChI is InChI=1S/C17H20N2O4/c1-11-2-4-12(5-3-11)9-19-10-13(8-14(19)20)15(21)18-17(6-7-17)16(22)23/h2-5,13H,6-10H2,1H3,(H,18,21)(H,22,23). The van der Waals surface area contributed by atoms with Crippen LogP contribution in [0.5, 0.6) is 0 Å². The second-order valence-electron chi connectivity index (χ2n) is 6.54. The molecule has 6 nitrogen and oxygen atoms in total. The van der Waals surface area contributed by atoms with Crippen molar-refractivity contribution in [2.24, 2.45) is 5.92 Å². The number of benzene rings is 1. The Morgan fingerprint density at radius 3 is 2.52 bits per heavy atom. The van der Waals surface area contributed by atoms with Crippen molar-refractivity contribution in [3.8, 4) is 0 Å². The molecule has 1 saturated heterocycles. The lowest BCUT2D eigenvalue weighted by molar-refractivity contribution is -0.143. The molecule has 3 rings (SSSR count). The van der Waals surface area contributed by atoms with Gasteiger partial charge in [0, 0.05) is 19.5 Å². The van der Waals surface area contributed by atoms with Crippen LogP contribution in [-0.4, -0.2) is 39.9 Å². The summed E-state index contributed by atoms with van der Waals surface area (Å²) in [5.41, 5.74) is 1.08. The zero-order valence-electron chi connectivity index (χ0n) is 13.0. The molecule has 0 spiro atoms. The maximum absolute atomic E-state index is 12.2. The number of nitrogens with zero attached hydrogens (tertiary/aromatic N) is 1. The molecule has 0 aromatic heterocycles. The highest BCUT2D eigenvalue weighted by Gasteiger charge is 2.52. The van der Waals surface area contributed by atoms with Crippen LogP contribution in [0.2, 0.25) is 0 Å². The third-order valence-corrected chi connectivity index (χ3v) is 4.60. The number of carbonyl (C=O) groups is 3. The van der Waals surface area contributed by atoms with Crippen LogP contribution < -0.4 is 5.32 Å². The van der Waals surface area contributed by atoms with E-state index in [2.05, 4.69) is 5.32 Å². The SMILES string of the molecule is Cc1ccc(CN2CC(C(=O)NC3(C(=O)O)CC3)CC2=O)cc1. The fraction of sp³-hybridized carbons (Fsp3) is 0.471. The zero-order chi connectivity index (χ0) is 16.6. The Labute approximate surface area is 134 Å². The predicted molar refractivity (Wildman–Crippen MR) is 82.4 cm³/mol. The van der Waals surface area contributed by atoms with Gasteiger partial charge < -0.3 is 15.3 Å². The summed E-state index contributed by atoms with van der Waals surface area (Å²) in [6.07, 6.45) is 1.07. The fourth-order valence-corrected chi connectivity index (χ4v) is 2.87. The summed E-state index contributed by atoms with van der Waals surface area (Å²) >= 11 is 0. The molecule has 1 heterocycles. The monoisotopic (exact) mass is 316 g/mol. The van der Waals surface area contributed by atoms with Crippen LogP contribution in [0.4, 0.5) is 0 Å². The molecule has 1 aliphatic heterocycles. The van der Waals surface area contributed by atoms with Crippen molar-refractivity contribution in [2.45, 2.75) is 38.3 Å². The first-order chi connectivity index (χ1) is 10.9. The smallest absolute Gasteiger partial charge is 0.329 e. The van der Waals surface area contributed by atoms with Gasteiger partial charge in [0.2, 0.25) is 11.8 Å². The van der Waals surface area contributed by atoms with Crippen LogP contribution in [0.1, 0.15) is 30.4 Å². The van der Waals surface area contributed by atoms with Crippen molar-refractivity contribution in [1.29, 1.82) is 0 Å². The molecule has 1 aromatic carbocycles. The number of nitrogens with one attached hydrogen (secondary N) is 1. The van der Waals surface area contributed by atoms with E-state index in [0.717, 1.165) is 11.1 Å². The minimum atomic E-state index is -1.09. The fourth-order valence-electron chi connectivity index (χ4n) is 2.87. The van der Waals surface area contributed by atoms with Crippen LogP contribution in [-0.2, 0) is 20.9 Å². The van der Waals surface area contributed by atoms with Crippen LogP contribution in [0.25, 0.3) is 0 Å². The largest absolute Gasteiger partial charge is 0.480 e. The summed E-state index contributed by atoms with van der Waals surface area (Å²) in [5, 5.41) is 11.7. The number of hydrogen-bond donors (Lipinski definition) is 2. The molecule has 2 amide bonds. The number of rotatable bonds is 5. The predicted octanol–water partition coefficient (Wildman–Crippen LogP) is 1.08. The highest BCUT2D eigenvalue weighted by molar-refractivity contribution is 5.94. The molecule has 1 aliphatic carbocycles. The van der Waals surface area contributed by atoms with Gasteiger partial charge in [0.15, 0.2) is 0 Å². The molecule has 1 aromatic rings. The van der Waals surface area contributed by atoms with Crippen LogP contribution >= 0.6 is 0 Å². The maximum atomic E-state index is 12.2. The summed E-state index contributed by atoms with van der Waals surface area (Å²) in [7, 11) is 0. The molecule has 1 saturated carbocycles. The lowest BCUT2D eigenvalue weighted by atomic mass is 10.1. The Bertz CT molecular complexity index is 649. The minimum absolute atomic E-state index is 0.0640. The van der Waals surface area contributed by atoms with Crippen molar-refractivity contribution in [1.82, 2.24) is 10.2 Å². The van der Waals surface area contributed by atoms with E-state index in [4.69, 9.17) is 5.11 Å². The molecule has 2 aliphatic rings. The van der Waals surface area contributed by atoms with Gasteiger partial charge in [-0.3, -0.25) is 9.59 Å². The Kier molecular flexibility index (Phi) is 3.83. The third kappa shape index (κ3) is 3.21. The van der Waals surface area contributed by atoms with Gasteiger partial charge in [-0.25, -0.2) is 4.79 Å². The third-order valence-electron chi connectivity index (χ3n) is 4.60. The van der Waals surface area contributed by atoms with Crippen molar-refractivity contribution in [3.05, 3.63) is 35.4 Å². The summed E-state index contributed by atoms with van der Waals surface area (Å²) in [6.45, 7) is 2.82. The molecular weight excluding hydrogens is 296 g/mol. The number of aryl methyl sites for hydroxylation is 1. The molecule has 2 fully saturated rings. The number of hydrogen-bond acceptors (Lipinski definition) is 3. The van der Waals surface area contributed by atoms with Gasteiger partial charge in [0.25, 0.3) is 0 Å². The highest BCUT2D eigenvalue weighted by Crippen LogP contribution is 2.36. The van der Waals surface area contributed by atoms with Gasteiger partial charge in [0.1, 0.15) is 5.54 Å². The lowest BCUT2D eigenvalue weighted by Gasteiger charge is -2.18. The zero-order valence-corrected chi connectivity index (χ0v) is 13.0. The topological polar surface area (TPSA) is 86.7 Å². The van der Waals surface area contributed by atoms with E-state index >= 15 is 0 Å². The Balaban J connectivity index is 1.60. The number of carboxylic acid groups (broad SMARTS) is 1.